The Bertz CT molecular complexity index is 299. The molecule has 5 heteroatoms. The van der Waals surface area contributed by atoms with Crippen LogP contribution in [0.5, 0.6) is 0 Å². The summed E-state index contributed by atoms with van der Waals surface area (Å²) in [6.07, 6.45) is 2.37. The molecule has 0 radical (unpaired) electrons. The quantitative estimate of drug-likeness (QED) is 0.571. The molecule has 1 saturated carbocycles. The molecular weight excluding hydrogens is 289 g/mol. The summed E-state index contributed by atoms with van der Waals surface area (Å²) in [6.45, 7) is 3.68. The predicted molar refractivity (Wildman–Crippen MR) is 55.3 cm³/mol. The van der Waals surface area contributed by atoms with E-state index in [-0.39, 0.29) is 0 Å². The Balaban J connectivity index is 2.11. The van der Waals surface area contributed by atoms with Crippen molar-refractivity contribution in [2.45, 2.75) is 19.8 Å². The maximum atomic E-state index is 11.2. The molecule has 0 bridgehead atoms. The molecule has 0 spiro atoms. The van der Waals surface area contributed by atoms with Crippen LogP contribution in [0.2, 0.25) is 0 Å². The van der Waals surface area contributed by atoms with E-state index < -0.39 is 7.19 Å². The van der Waals surface area contributed by atoms with Gasteiger partial charge in [0.2, 0.25) is 0 Å². The Labute approximate surface area is 85.1 Å². The normalized spacial score (nSPS) is 41.3. The highest BCUT2D eigenvalue weighted by Crippen LogP contribution is 2.60. The first-order chi connectivity index (χ1) is 5.48. The smallest absolute Gasteiger partial charge is 0.201 e. The summed E-state index contributed by atoms with van der Waals surface area (Å²) in [5, 5.41) is 0. The first-order valence-corrected chi connectivity index (χ1v) is 8.16. The molecule has 0 aromatic carbocycles. The zero-order valence-electron chi connectivity index (χ0n) is 6.96. The minimum atomic E-state index is -2.95. The van der Waals surface area contributed by atoms with Gasteiger partial charge in [-0.3, -0.25) is 0 Å². The van der Waals surface area contributed by atoms with Crippen molar-refractivity contribution < 1.29 is 8.42 Å². The van der Waals surface area contributed by atoms with E-state index in [9.17, 15) is 8.42 Å². The predicted octanol–water partition coefficient (Wildman–Crippen LogP) is 1.40. The highest BCUT2D eigenvalue weighted by molar-refractivity contribution is 14.2. The van der Waals surface area contributed by atoms with Crippen molar-refractivity contribution in [3.63, 3.8) is 0 Å². The lowest BCUT2D eigenvalue weighted by atomic mass is 10.0. The van der Waals surface area contributed by atoms with Gasteiger partial charge in [-0.2, -0.15) is 4.31 Å². The van der Waals surface area contributed by atoms with Gasteiger partial charge in [0.15, 0.2) is 0 Å². The lowest BCUT2D eigenvalue weighted by Crippen LogP contribution is -2.27. The van der Waals surface area contributed by atoms with Gasteiger partial charge < -0.3 is 0 Å². The van der Waals surface area contributed by atoms with Gasteiger partial charge in [-0.25, -0.2) is 8.42 Å². The average molecular weight is 301 g/mol. The molecule has 3 nitrogen and oxygen atoms in total. The fourth-order valence-corrected chi connectivity index (χ4v) is 3.93. The van der Waals surface area contributed by atoms with Crippen LogP contribution in [-0.2, 0) is 7.19 Å². The number of fused-ring (bicyclic) bond motifs is 1. The minimum Gasteiger partial charge on any atom is -0.201 e. The maximum absolute atomic E-state index is 11.2. The Kier molecular flexibility index (Phi) is 1.97. The molecule has 1 heterocycles. The van der Waals surface area contributed by atoms with E-state index in [0.717, 1.165) is 19.5 Å². The maximum Gasteiger partial charge on any atom is 0.267 e. The van der Waals surface area contributed by atoms with Crippen LogP contribution in [0.15, 0.2) is 0 Å². The zero-order chi connectivity index (χ0) is 8.98. The summed E-state index contributed by atoms with van der Waals surface area (Å²) in [4.78, 5) is 0. The molecule has 70 valence electrons. The number of rotatable bonds is 2. The van der Waals surface area contributed by atoms with E-state index >= 15 is 0 Å². The molecule has 0 aromatic heterocycles. The van der Waals surface area contributed by atoms with Crippen LogP contribution in [0.3, 0.4) is 0 Å². The summed E-state index contributed by atoms with van der Waals surface area (Å²) in [5.41, 5.74) is 0.373. The molecule has 2 atom stereocenters. The number of hydrogen-bond donors (Lipinski definition) is 0. The lowest BCUT2D eigenvalue weighted by molar-refractivity contribution is 0.402. The monoisotopic (exact) mass is 301 g/mol. The highest BCUT2D eigenvalue weighted by Gasteiger charge is 2.60. The standard InChI is InChI=1S/C7H12INO2S/c1-2-7-3-6(7)4-9(5-7)12(8,10)11/h6H,2-5H2,1H3. The minimum absolute atomic E-state index is 0.373. The summed E-state index contributed by atoms with van der Waals surface area (Å²) in [7, 11) is -2.95. The van der Waals surface area contributed by atoms with Gasteiger partial charge in [-0.1, -0.05) is 6.92 Å². The Morgan fingerprint density at radius 2 is 2.33 bits per heavy atom. The number of halogens is 1. The van der Waals surface area contributed by atoms with E-state index in [2.05, 4.69) is 6.92 Å². The van der Waals surface area contributed by atoms with Gasteiger partial charge in [0, 0.05) is 13.1 Å². The van der Waals surface area contributed by atoms with E-state index in [4.69, 9.17) is 0 Å². The topological polar surface area (TPSA) is 37.4 Å². The Morgan fingerprint density at radius 1 is 1.67 bits per heavy atom. The molecule has 2 aliphatic rings. The van der Waals surface area contributed by atoms with Crippen molar-refractivity contribution >= 4 is 28.4 Å². The molecule has 2 unspecified atom stereocenters. The first kappa shape index (κ1) is 9.21. The molecule has 1 aliphatic carbocycles. The Morgan fingerprint density at radius 3 is 2.67 bits per heavy atom. The number of nitrogens with zero attached hydrogens (tertiary/aromatic N) is 1. The van der Waals surface area contributed by atoms with Crippen LogP contribution in [0.1, 0.15) is 19.8 Å². The van der Waals surface area contributed by atoms with Crippen LogP contribution >= 0.6 is 21.2 Å². The molecule has 12 heavy (non-hydrogen) atoms. The fraction of sp³-hybridized carbons (Fsp3) is 1.00. The van der Waals surface area contributed by atoms with Crippen molar-refractivity contribution in [1.29, 1.82) is 0 Å². The fourth-order valence-electron chi connectivity index (χ4n) is 2.26. The summed E-state index contributed by atoms with van der Waals surface area (Å²) in [6, 6.07) is 0. The second-order valence-corrected chi connectivity index (χ2v) is 8.53. The van der Waals surface area contributed by atoms with E-state index in [1.807, 2.05) is 0 Å². The van der Waals surface area contributed by atoms with Gasteiger partial charge in [-0.15, -0.1) is 0 Å². The molecule has 0 aromatic rings. The van der Waals surface area contributed by atoms with E-state index in [0.29, 0.717) is 11.3 Å². The third-order valence-electron chi connectivity index (χ3n) is 3.29. The van der Waals surface area contributed by atoms with E-state index in [1.165, 1.54) is 27.6 Å². The van der Waals surface area contributed by atoms with Gasteiger partial charge in [0.05, 0.1) is 21.2 Å². The van der Waals surface area contributed by atoms with Crippen molar-refractivity contribution in [1.82, 2.24) is 4.31 Å². The van der Waals surface area contributed by atoms with Crippen molar-refractivity contribution in [2.75, 3.05) is 13.1 Å². The lowest BCUT2D eigenvalue weighted by Gasteiger charge is -2.15. The zero-order valence-corrected chi connectivity index (χ0v) is 9.93. The highest BCUT2D eigenvalue weighted by atomic mass is 127. The van der Waals surface area contributed by atoms with Crippen LogP contribution in [0.4, 0.5) is 0 Å². The SMILES string of the molecule is CCC12CC1CN(S(=O)(=O)I)C2. The van der Waals surface area contributed by atoms with E-state index in [1.54, 1.807) is 4.31 Å². The van der Waals surface area contributed by atoms with Crippen LogP contribution in [-0.4, -0.2) is 25.8 Å². The first-order valence-electron chi connectivity index (χ1n) is 4.18. The molecule has 0 amide bonds. The summed E-state index contributed by atoms with van der Waals surface area (Å²) >= 11 is 1.53. The second-order valence-electron chi connectivity index (χ2n) is 3.85. The number of hydrogen-bond acceptors (Lipinski definition) is 2. The molecule has 2 fully saturated rings. The number of piperidine rings is 1. The second kappa shape index (κ2) is 2.57. The molecule has 1 aliphatic heterocycles. The van der Waals surface area contributed by atoms with Crippen LogP contribution in [0, 0.1) is 11.3 Å². The molecule has 2 rings (SSSR count). The van der Waals surface area contributed by atoms with Crippen LogP contribution in [0.25, 0.3) is 0 Å². The van der Waals surface area contributed by atoms with Crippen LogP contribution < -0.4 is 0 Å². The van der Waals surface area contributed by atoms with Crippen molar-refractivity contribution in [3.8, 4) is 0 Å². The largest absolute Gasteiger partial charge is 0.267 e. The Hall–Kier alpha value is 0.640. The van der Waals surface area contributed by atoms with Crippen molar-refractivity contribution in [3.05, 3.63) is 0 Å². The molecule has 0 N–H and O–H groups in total. The van der Waals surface area contributed by atoms with Gasteiger partial charge in [0.1, 0.15) is 0 Å². The summed E-state index contributed by atoms with van der Waals surface area (Å²) < 4.78 is 24.0. The molecular formula is C7H12INO2S. The third-order valence-corrected chi connectivity index (χ3v) is 5.85. The van der Waals surface area contributed by atoms with Gasteiger partial charge in [0.25, 0.3) is 7.19 Å². The van der Waals surface area contributed by atoms with Crippen molar-refractivity contribution in [2.24, 2.45) is 11.3 Å². The summed E-state index contributed by atoms with van der Waals surface area (Å²) in [5.74, 6) is 0.659. The van der Waals surface area contributed by atoms with Gasteiger partial charge >= 0.3 is 0 Å². The molecule has 1 saturated heterocycles. The average Bonchev–Trinajstić information content (AvgIpc) is 2.53. The van der Waals surface area contributed by atoms with Gasteiger partial charge in [-0.05, 0) is 24.2 Å². The third kappa shape index (κ3) is 1.29.